The Morgan fingerprint density at radius 3 is 2.06 bits per heavy atom. The van der Waals surface area contributed by atoms with Crippen LogP contribution in [-0.4, -0.2) is 28.5 Å². The highest BCUT2D eigenvalue weighted by molar-refractivity contribution is 6.63. The minimum Gasteiger partial charge on any atom is -0.281 e. The summed E-state index contributed by atoms with van der Waals surface area (Å²) in [6, 6.07) is 0. The van der Waals surface area contributed by atoms with E-state index in [0.29, 0.717) is 37.0 Å². The van der Waals surface area contributed by atoms with Gasteiger partial charge < -0.3 is 0 Å². The number of imide groups is 1. The number of nitrogens with zero attached hydrogens (tertiary/aromatic N) is 1. The molecule has 1 aliphatic rings. The molecule has 0 aliphatic carbocycles. The lowest BCUT2D eigenvalue weighted by molar-refractivity contribution is -0.137. The van der Waals surface area contributed by atoms with Crippen molar-refractivity contribution >= 4 is 28.7 Å². The molecule has 17 heavy (non-hydrogen) atoms. The number of carbonyl (C=O) groups is 3. The van der Waals surface area contributed by atoms with E-state index in [1.807, 2.05) is 0 Å². The van der Waals surface area contributed by atoms with Crippen molar-refractivity contribution in [3.8, 4) is 0 Å². The van der Waals surface area contributed by atoms with Gasteiger partial charge in [0.25, 0.3) is 11.8 Å². The molecular weight excluding hydrogens is 242 g/mol. The van der Waals surface area contributed by atoms with E-state index in [-0.39, 0.29) is 17.1 Å². The minimum absolute atomic E-state index is 0.194. The predicted molar refractivity (Wildman–Crippen MR) is 64.4 cm³/mol. The Kier molecular flexibility index (Phi) is 4.87. The maximum absolute atomic E-state index is 11.7. The van der Waals surface area contributed by atoms with E-state index in [9.17, 15) is 14.4 Å². The molecule has 0 saturated heterocycles. The normalized spacial score (nSPS) is 16.1. The highest BCUT2D eigenvalue weighted by atomic mass is 35.5. The number of unbranched alkanes of at least 4 members (excludes halogenated alkanes) is 2. The average molecular weight is 258 g/mol. The second-order valence-corrected chi connectivity index (χ2v) is 4.60. The Morgan fingerprint density at radius 2 is 1.59 bits per heavy atom. The molecule has 1 rings (SSSR count). The van der Waals surface area contributed by atoms with Crippen LogP contribution in [0.5, 0.6) is 0 Å². The summed E-state index contributed by atoms with van der Waals surface area (Å²) < 4.78 is 0. The molecule has 5 heteroatoms. The van der Waals surface area contributed by atoms with Crippen LogP contribution in [0.4, 0.5) is 0 Å². The van der Waals surface area contributed by atoms with Gasteiger partial charge in [0.2, 0.25) is 5.24 Å². The first-order valence-corrected chi connectivity index (χ1v) is 6.05. The fraction of sp³-hybridized carbons (Fsp3) is 0.583. The predicted octanol–water partition coefficient (Wildman–Crippen LogP) is 2.02. The molecule has 0 aromatic heterocycles. The molecule has 0 bridgehead atoms. The topological polar surface area (TPSA) is 54.5 Å². The molecular formula is C12H16ClNO3. The lowest BCUT2D eigenvalue weighted by atomic mass is 10.2. The zero-order valence-corrected chi connectivity index (χ0v) is 10.8. The summed E-state index contributed by atoms with van der Waals surface area (Å²) in [6.45, 7) is 3.76. The lowest BCUT2D eigenvalue weighted by Gasteiger charge is -2.14. The molecule has 1 aliphatic heterocycles. The molecule has 94 valence electrons. The molecule has 1 heterocycles. The van der Waals surface area contributed by atoms with Gasteiger partial charge >= 0.3 is 0 Å². The van der Waals surface area contributed by atoms with E-state index in [2.05, 4.69) is 0 Å². The molecule has 0 saturated carbocycles. The third-order valence-electron chi connectivity index (χ3n) is 2.95. The van der Waals surface area contributed by atoms with Crippen molar-refractivity contribution in [3.63, 3.8) is 0 Å². The average Bonchev–Trinajstić information content (AvgIpc) is 2.45. The van der Waals surface area contributed by atoms with E-state index < -0.39 is 0 Å². The van der Waals surface area contributed by atoms with Crippen LogP contribution in [0.1, 0.15) is 39.5 Å². The van der Waals surface area contributed by atoms with Gasteiger partial charge in [0.05, 0.1) is 0 Å². The number of amides is 2. The van der Waals surface area contributed by atoms with Crippen LogP contribution < -0.4 is 0 Å². The molecule has 0 aromatic rings. The van der Waals surface area contributed by atoms with Gasteiger partial charge in [-0.25, -0.2) is 0 Å². The van der Waals surface area contributed by atoms with Crippen molar-refractivity contribution in [1.29, 1.82) is 0 Å². The van der Waals surface area contributed by atoms with Gasteiger partial charge in [-0.1, -0.05) is 6.42 Å². The fourth-order valence-corrected chi connectivity index (χ4v) is 1.87. The van der Waals surface area contributed by atoms with Crippen molar-refractivity contribution < 1.29 is 14.4 Å². The van der Waals surface area contributed by atoms with Crippen molar-refractivity contribution in [2.45, 2.75) is 39.5 Å². The summed E-state index contributed by atoms with van der Waals surface area (Å²) in [7, 11) is 0. The first-order valence-electron chi connectivity index (χ1n) is 5.67. The SMILES string of the molecule is CC1=C(C)C(=O)N(CCCCCC(=O)Cl)C1=O. The van der Waals surface area contributed by atoms with Crippen molar-refractivity contribution in [2.24, 2.45) is 0 Å². The van der Waals surface area contributed by atoms with Gasteiger partial charge in [0.15, 0.2) is 0 Å². The Labute approximate surface area is 106 Å². The second kappa shape index (κ2) is 5.96. The number of halogens is 1. The van der Waals surface area contributed by atoms with Crippen LogP contribution in [0.3, 0.4) is 0 Å². The highest BCUT2D eigenvalue weighted by Crippen LogP contribution is 2.20. The summed E-state index contributed by atoms with van der Waals surface area (Å²) in [6.07, 6.45) is 2.54. The highest BCUT2D eigenvalue weighted by Gasteiger charge is 2.32. The first-order chi connectivity index (χ1) is 7.95. The van der Waals surface area contributed by atoms with Gasteiger partial charge in [-0.2, -0.15) is 0 Å². The largest absolute Gasteiger partial charge is 0.281 e. The van der Waals surface area contributed by atoms with Crippen LogP contribution >= 0.6 is 11.6 Å². The van der Waals surface area contributed by atoms with E-state index in [1.165, 1.54) is 4.90 Å². The van der Waals surface area contributed by atoms with E-state index in [4.69, 9.17) is 11.6 Å². The minimum atomic E-state index is -0.341. The molecule has 0 spiro atoms. The Bertz CT molecular complexity index is 363. The Hall–Kier alpha value is -1.16. The van der Waals surface area contributed by atoms with Gasteiger partial charge in [0.1, 0.15) is 0 Å². The van der Waals surface area contributed by atoms with E-state index in [0.717, 1.165) is 6.42 Å². The quantitative estimate of drug-likeness (QED) is 0.416. The monoisotopic (exact) mass is 257 g/mol. The molecule has 0 atom stereocenters. The van der Waals surface area contributed by atoms with Gasteiger partial charge in [0, 0.05) is 24.1 Å². The second-order valence-electron chi connectivity index (χ2n) is 4.18. The zero-order chi connectivity index (χ0) is 13.0. The van der Waals surface area contributed by atoms with E-state index >= 15 is 0 Å². The maximum Gasteiger partial charge on any atom is 0.256 e. The Morgan fingerprint density at radius 1 is 1.06 bits per heavy atom. The molecule has 0 fully saturated rings. The van der Waals surface area contributed by atoms with Crippen LogP contribution in [0.15, 0.2) is 11.1 Å². The molecule has 2 amide bonds. The smallest absolute Gasteiger partial charge is 0.256 e. The molecule has 0 aromatic carbocycles. The zero-order valence-electron chi connectivity index (χ0n) is 10.1. The van der Waals surface area contributed by atoms with Crippen LogP contribution in [0.25, 0.3) is 0 Å². The number of hydrogen-bond donors (Lipinski definition) is 0. The van der Waals surface area contributed by atoms with Crippen molar-refractivity contribution in [2.75, 3.05) is 6.54 Å². The number of rotatable bonds is 6. The third-order valence-corrected chi connectivity index (χ3v) is 3.14. The van der Waals surface area contributed by atoms with Gasteiger partial charge in [-0.05, 0) is 38.3 Å². The summed E-state index contributed by atoms with van der Waals surface area (Å²) in [4.78, 5) is 35.1. The van der Waals surface area contributed by atoms with Crippen molar-refractivity contribution in [1.82, 2.24) is 4.90 Å². The first kappa shape index (κ1) is 13.9. The number of hydrogen-bond acceptors (Lipinski definition) is 3. The van der Waals surface area contributed by atoms with Crippen LogP contribution in [-0.2, 0) is 14.4 Å². The summed E-state index contributed by atoms with van der Waals surface area (Å²) in [5, 5.41) is -0.341. The third kappa shape index (κ3) is 3.40. The summed E-state index contributed by atoms with van der Waals surface area (Å²) in [5.74, 6) is -0.387. The van der Waals surface area contributed by atoms with E-state index in [1.54, 1.807) is 13.8 Å². The van der Waals surface area contributed by atoms with Crippen LogP contribution in [0, 0.1) is 0 Å². The van der Waals surface area contributed by atoms with Gasteiger partial charge in [-0.3, -0.25) is 19.3 Å². The molecule has 0 N–H and O–H groups in total. The summed E-state index contributed by atoms with van der Waals surface area (Å²) in [5.41, 5.74) is 1.07. The van der Waals surface area contributed by atoms with Crippen LogP contribution in [0.2, 0.25) is 0 Å². The molecule has 4 nitrogen and oxygen atoms in total. The van der Waals surface area contributed by atoms with Crippen molar-refractivity contribution in [3.05, 3.63) is 11.1 Å². The standard InChI is InChI=1S/C12H16ClNO3/c1-8-9(2)12(17)14(11(8)16)7-5-3-4-6-10(13)15/h3-7H2,1-2H3. The summed E-state index contributed by atoms with van der Waals surface area (Å²) >= 11 is 5.20. The fourth-order valence-electron chi connectivity index (χ4n) is 1.73. The lowest BCUT2D eigenvalue weighted by Crippen LogP contribution is -2.32. The molecule has 0 unspecified atom stereocenters. The Balaban J connectivity index is 2.33. The molecule has 0 radical (unpaired) electrons. The maximum atomic E-state index is 11.7. The van der Waals surface area contributed by atoms with Gasteiger partial charge in [-0.15, -0.1) is 0 Å². The number of carbonyl (C=O) groups excluding carboxylic acids is 3.